The summed E-state index contributed by atoms with van der Waals surface area (Å²) in [5, 5.41) is 14.9. The summed E-state index contributed by atoms with van der Waals surface area (Å²) in [7, 11) is 0. The van der Waals surface area contributed by atoms with Crippen LogP contribution in [0.3, 0.4) is 0 Å². The van der Waals surface area contributed by atoms with Crippen molar-refractivity contribution in [2.75, 3.05) is 0 Å². The van der Waals surface area contributed by atoms with E-state index >= 15 is 0 Å². The van der Waals surface area contributed by atoms with E-state index < -0.39 is 23.5 Å². The van der Waals surface area contributed by atoms with Crippen molar-refractivity contribution >= 4 is 5.97 Å². The van der Waals surface area contributed by atoms with Crippen molar-refractivity contribution < 1.29 is 23.1 Å². The van der Waals surface area contributed by atoms with E-state index in [0.717, 1.165) is 0 Å². The molecule has 0 radical (unpaired) electrons. The minimum absolute atomic E-state index is 0.00831. The molecule has 1 unspecified atom stereocenters. The molecule has 8 heteroatoms. The topological polar surface area (TPSA) is 68.0 Å². The normalized spacial score (nSPS) is 13.7. The number of hydrogen-bond donors (Lipinski definition) is 1. The van der Waals surface area contributed by atoms with E-state index in [0.29, 0.717) is 11.1 Å². The van der Waals surface area contributed by atoms with E-state index in [1.54, 1.807) is 6.92 Å². The zero-order chi connectivity index (χ0) is 13.2. The molecule has 0 saturated heterocycles. The van der Waals surface area contributed by atoms with Gasteiger partial charge in [0.25, 0.3) is 0 Å². The first-order valence-corrected chi connectivity index (χ1v) is 5.01. The first-order valence-electron chi connectivity index (χ1n) is 5.01. The maximum absolute atomic E-state index is 12.7. The third-order valence-corrected chi connectivity index (χ3v) is 2.39. The molecule has 1 aromatic heterocycles. The summed E-state index contributed by atoms with van der Waals surface area (Å²) in [5.41, 5.74) is -2.36. The molecular weight excluding hydrogens is 239 g/mol. The highest BCUT2D eigenvalue weighted by atomic mass is 19.4. The van der Waals surface area contributed by atoms with Crippen LogP contribution in [-0.4, -0.2) is 26.1 Å². The van der Waals surface area contributed by atoms with Crippen molar-refractivity contribution in [2.24, 2.45) is 5.92 Å². The number of nitrogens with zero attached hydrogens (tertiary/aromatic N) is 3. The van der Waals surface area contributed by atoms with E-state index in [4.69, 9.17) is 5.11 Å². The number of halogens is 3. The van der Waals surface area contributed by atoms with Gasteiger partial charge in [0.2, 0.25) is 5.69 Å². The lowest BCUT2D eigenvalue weighted by atomic mass is 10.1. The molecule has 0 saturated carbocycles. The fourth-order valence-corrected chi connectivity index (χ4v) is 1.29. The van der Waals surface area contributed by atoms with Crippen molar-refractivity contribution in [3.8, 4) is 0 Å². The molecule has 0 fully saturated rings. The molecule has 0 bridgehead atoms. The Labute approximate surface area is 95.2 Å². The van der Waals surface area contributed by atoms with Gasteiger partial charge in [-0.15, -0.1) is 5.10 Å². The Bertz CT molecular complexity index is 414. The standard InChI is InChI=1S/C9H12F3N3O2/c1-3-5(2)4-15-7(9(10,11)12)6(8(16)17)13-14-15/h5H,3-4H2,1-2H3,(H,16,17). The maximum Gasteiger partial charge on any atom is 0.435 e. The molecule has 0 aliphatic rings. The summed E-state index contributed by atoms with van der Waals surface area (Å²) < 4.78 is 38.7. The molecule has 1 aromatic rings. The van der Waals surface area contributed by atoms with Gasteiger partial charge in [-0.1, -0.05) is 25.5 Å². The van der Waals surface area contributed by atoms with Gasteiger partial charge in [-0.05, 0) is 5.92 Å². The maximum atomic E-state index is 12.7. The van der Waals surface area contributed by atoms with Gasteiger partial charge in [0.1, 0.15) is 0 Å². The van der Waals surface area contributed by atoms with Gasteiger partial charge in [0, 0.05) is 6.54 Å². The molecule has 1 N–H and O–H groups in total. The number of alkyl halides is 3. The summed E-state index contributed by atoms with van der Waals surface area (Å²) in [5.74, 6) is -1.77. The summed E-state index contributed by atoms with van der Waals surface area (Å²) in [6.07, 6.45) is -4.11. The molecule has 0 aliphatic carbocycles. The van der Waals surface area contributed by atoms with Crippen molar-refractivity contribution in [2.45, 2.75) is 33.0 Å². The Hall–Kier alpha value is -1.60. The van der Waals surface area contributed by atoms with E-state index in [-0.39, 0.29) is 12.5 Å². The minimum atomic E-state index is -4.77. The summed E-state index contributed by atoms with van der Waals surface area (Å²) in [6.45, 7) is 3.57. The second-order valence-corrected chi connectivity index (χ2v) is 3.79. The van der Waals surface area contributed by atoms with E-state index in [9.17, 15) is 18.0 Å². The van der Waals surface area contributed by atoms with Crippen LogP contribution in [0.1, 0.15) is 36.5 Å². The minimum Gasteiger partial charge on any atom is -0.476 e. The predicted octanol–water partition coefficient (Wildman–Crippen LogP) is 2.04. The van der Waals surface area contributed by atoms with E-state index in [1.807, 2.05) is 6.92 Å². The molecule has 96 valence electrons. The van der Waals surface area contributed by atoms with Crippen LogP contribution < -0.4 is 0 Å². The molecule has 0 spiro atoms. The predicted molar refractivity (Wildman–Crippen MR) is 51.4 cm³/mol. The molecule has 1 atom stereocenters. The van der Waals surface area contributed by atoms with Gasteiger partial charge in [-0.3, -0.25) is 0 Å². The Morgan fingerprint density at radius 2 is 2.12 bits per heavy atom. The lowest BCUT2D eigenvalue weighted by Crippen LogP contribution is -2.20. The van der Waals surface area contributed by atoms with Gasteiger partial charge in [-0.2, -0.15) is 13.2 Å². The van der Waals surface area contributed by atoms with Crippen molar-refractivity contribution in [3.63, 3.8) is 0 Å². The number of aromatic nitrogens is 3. The van der Waals surface area contributed by atoms with Crippen LogP contribution in [0.4, 0.5) is 13.2 Å². The summed E-state index contributed by atoms with van der Waals surface area (Å²) in [4.78, 5) is 10.6. The van der Waals surface area contributed by atoms with E-state index in [1.165, 1.54) is 0 Å². The quantitative estimate of drug-likeness (QED) is 0.889. The van der Waals surface area contributed by atoms with Crippen molar-refractivity contribution in [1.29, 1.82) is 0 Å². The van der Waals surface area contributed by atoms with Gasteiger partial charge >= 0.3 is 12.1 Å². The number of rotatable bonds is 4. The van der Waals surface area contributed by atoms with Crippen LogP contribution in [0, 0.1) is 5.92 Å². The van der Waals surface area contributed by atoms with Crippen LogP contribution in [-0.2, 0) is 12.7 Å². The van der Waals surface area contributed by atoms with Crippen LogP contribution in [0.15, 0.2) is 0 Å². The fraction of sp³-hybridized carbons (Fsp3) is 0.667. The smallest absolute Gasteiger partial charge is 0.435 e. The third kappa shape index (κ3) is 2.95. The molecule has 0 aromatic carbocycles. The van der Waals surface area contributed by atoms with Gasteiger partial charge in [0.15, 0.2) is 5.69 Å². The zero-order valence-electron chi connectivity index (χ0n) is 9.32. The number of hydrogen-bond acceptors (Lipinski definition) is 3. The average molecular weight is 251 g/mol. The van der Waals surface area contributed by atoms with Gasteiger partial charge < -0.3 is 5.11 Å². The lowest BCUT2D eigenvalue weighted by Gasteiger charge is -2.13. The van der Waals surface area contributed by atoms with Gasteiger partial charge in [0.05, 0.1) is 0 Å². The molecule has 17 heavy (non-hydrogen) atoms. The first kappa shape index (κ1) is 13.5. The molecule has 5 nitrogen and oxygen atoms in total. The van der Waals surface area contributed by atoms with Crippen LogP contribution >= 0.6 is 0 Å². The monoisotopic (exact) mass is 251 g/mol. The highest BCUT2D eigenvalue weighted by molar-refractivity contribution is 5.86. The molecule has 0 aliphatic heterocycles. The Balaban J connectivity index is 3.19. The Morgan fingerprint density at radius 1 is 1.53 bits per heavy atom. The molecular formula is C9H12F3N3O2. The van der Waals surface area contributed by atoms with Crippen molar-refractivity contribution in [3.05, 3.63) is 11.4 Å². The highest BCUT2D eigenvalue weighted by Gasteiger charge is 2.41. The molecule has 1 rings (SSSR count). The fourth-order valence-electron chi connectivity index (χ4n) is 1.29. The molecule has 1 heterocycles. The summed E-state index contributed by atoms with van der Waals surface area (Å²) in [6, 6.07) is 0. The zero-order valence-corrected chi connectivity index (χ0v) is 9.32. The second kappa shape index (κ2) is 4.72. The number of aromatic carboxylic acids is 1. The SMILES string of the molecule is CCC(C)Cn1nnc(C(=O)O)c1C(F)(F)F. The first-order chi connectivity index (χ1) is 7.77. The number of carbonyl (C=O) groups is 1. The van der Waals surface area contributed by atoms with E-state index in [2.05, 4.69) is 10.3 Å². The van der Waals surface area contributed by atoms with Crippen LogP contribution in [0.5, 0.6) is 0 Å². The van der Waals surface area contributed by atoms with Crippen molar-refractivity contribution in [1.82, 2.24) is 15.0 Å². The average Bonchev–Trinajstić information content (AvgIpc) is 2.60. The molecule has 0 amide bonds. The Kier molecular flexibility index (Phi) is 3.74. The largest absolute Gasteiger partial charge is 0.476 e. The van der Waals surface area contributed by atoms with Crippen LogP contribution in [0.25, 0.3) is 0 Å². The number of carboxylic acid groups (broad SMARTS) is 1. The highest BCUT2D eigenvalue weighted by Crippen LogP contribution is 2.31. The van der Waals surface area contributed by atoms with Gasteiger partial charge in [-0.25, -0.2) is 9.48 Å². The summed E-state index contributed by atoms with van der Waals surface area (Å²) >= 11 is 0. The van der Waals surface area contributed by atoms with Crippen LogP contribution in [0.2, 0.25) is 0 Å². The second-order valence-electron chi connectivity index (χ2n) is 3.79. The lowest BCUT2D eigenvalue weighted by molar-refractivity contribution is -0.145. The Morgan fingerprint density at radius 3 is 2.53 bits per heavy atom. The number of carboxylic acids is 1. The third-order valence-electron chi connectivity index (χ3n) is 2.39.